The second kappa shape index (κ2) is 4.96. The Morgan fingerprint density at radius 2 is 2.18 bits per heavy atom. The van der Waals surface area contributed by atoms with Crippen molar-refractivity contribution in [3.05, 3.63) is 23.8 Å². The molecule has 94 valence electrons. The molecule has 17 heavy (non-hydrogen) atoms. The molecule has 1 saturated heterocycles. The highest BCUT2D eigenvalue weighted by Crippen LogP contribution is 2.30. The molecule has 0 aromatic heterocycles. The van der Waals surface area contributed by atoms with Gasteiger partial charge in [0.15, 0.2) is 0 Å². The third-order valence-corrected chi connectivity index (χ3v) is 3.49. The van der Waals surface area contributed by atoms with Crippen LogP contribution in [0.1, 0.15) is 38.4 Å². The summed E-state index contributed by atoms with van der Waals surface area (Å²) >= 11 is 0. The highest BCUT2D eigenvalue weighted by molar-refractivity contribution is 5.54. The number of phenolic OH excluding ortho intramolecular Hbond substituents is 1. The smallest absolute Gasteiger partial charge is 0.123 e. The molecule has 2 rings (SSSR count). The summed E-state index contributed by atoms with van der Waals surface area (Å²) in [5.74, 6) is 0.901. The molecule has 0 saturated carbocycles. The van der Waals surface area contributed by atoms with E-state index in [9.17, 15) is 10.2 Å². The summed E-state index contributed by atoms with van der Waals surface area (Å²) in [6.07, 6.45) is 1.87. The van der Waals surface area contributed by atoms with E-state index in [0.717, 1.165) is 18.8 Å². The number of hydrogen-bond acceptors (Lipinski definition) is 3. The van der Waals surface area contributed by atoms with Gasteiger partial charge in [-0.15, -0.1) is 0 Å². The van der Waals surface area contributed by atoms with Crippen molar-refractivity contribution in [2.24, 2.45) is 5.92 Å². The number of phenols is 1. The Morgan fingerprint density at radius 3 is 2.76 bits per heavy atom. The van der Waals surface area contributed by atoms with E-state index in [-0.39, 0.29) is 5.75 Å². The molecule has 3 nitrogen and oxygen atoms in total. The van der Waals surface area contributed by atoms with Crippen LogP contribution in [0.5, 0.6) is 5.75 Å². The van der Waals surface area contributed by atoms with Gasteiger partial charge in [-0.2, -0.15) is 0 Å². The number of aliphatic hydroxyl groups is 1. The third-order valence-electron chi connectivity index (χ3n) is 3.49. The van der Waals surface area contributed by atoms with E-state index in [4.69, 9.17) is 0 Å². The zero-order chi connectivity index (χ0) is 12.4. The Hall–Kier alpha value is -1.22. The normalized spacial score (nSPS) is 22.5. The maximum absolute atomic E-state index is 9.87. The van der Waals surface area contributed by atoms with Gasteiger partial charge in [0.2, 0.25) is 0 Å². The number of nitrogens with zero attached hydrogens (tertiary/aromatic N) is 1. The molecule has 1 fully saturated rings. The molecule has 0 bridgehead atoms. The Morgan fingerprint density at radius 1 is 1.41 bits per heavy atom. The molecule has 1 aromatic rings. The molecule has 0 radical (unpaired) electrons. The van der Waals surface area contributed by atoms with Crippen LogP contribution in [0.4, 0.5) is 5.69 Å². The predicted molar refractivity (Wildman–Crippen MR) is 69.4 cm³/mol. The first-order valence-electron chi connectivity index (χ1n) is 6.34. The van der Waals surface area contributed by atoms with Crippen LogP contribution in [0.25, 0.3) is 0 Å². The Bertz CT molecular complexity index is 390. The van der Waals surface area contributed by atoms with Crippen LogP contribution in [0.2, 0.25) is 0 Å². The van der Waals surface area contributed by atoms with Crippen LogP contribution in [-0.4, -0.2) is 23.3 Å². The standard InChI is InChI=1S/C14H21NO2/c1-10-4-3-7-15(9-10)12-5-6-13(11(2)16)14(17)8-12/h5-6,8,10-11,16-17H,3-4,7,9H2,1-2H3. The van der Waals surface area contributed by atoms with Crippen LogP contribution in [0.3, 0.4) is 0 Å². The lowest BCUT2D eigenvalue weighted by molar-refractivity contribution is 0.195. The zero-order valence-corrected chi connectivity index (χ0v) is 10.6. The van der Waals surface area contributed by atoms with Gasteiger partial charge in [0, 0.05) is 30.4 Å². The number of rotatable bonds is 2. The maximum Gasteiger partial charge on any atom is 0.123 e. The summed E-state index contributed by atoms with van der Waals surface area (Å²) in [4.78, 5) is 2.31. The van der Waals surface area contributed by atoms with Crippen molar-refractivity contribution in [2.45, 2.75) is 32.8 Å². The van der Waals surface area contributed by atoms with Crippen LogP contribution in [0, 0.1) is 5.92 Å². The van der Waals surface area contributed by atoms with Gasteiger partial charge in [0.05, 0.1) is 6.10 Å². The Balaban J connectivity index is 2.19. The second-order valence-corrected chi connectivity index (χ2v) is 5.11. The van der Waals surface area contributed by atoms with Crippen molar-refractivity contribution >= 4 is 5.69 Å². The average molecular weight is 235 g/mol. The summed E-state index contributed by atoms with van der Waals surface area (Å²) in [5, 5.41) is 19.3. The zero-order valence-electron chi connectivity index (χ0n) is 10.6. The fourth-order valence-electron chi connectivity index (χ4n) is 2.51. The number of benzene rings is 1. The van der Waals surface area contributed by atoms with Crippen molar-refractivity contribution in [3.63, 3.8) is 0 Å². The van der Waals surface area contributed by atoms with Crippen LogP contribution < -0.4 is 4.90 Å². The molecule has 3 heteroatoms. The van der Waals surface area contributed by atoms with E-state index in [1.165, 1.54) is 12.8 Å². The maximum atomic E-state index is 9.87. The largest absolute Gasteiger partial charge is 0.507 e. The van der Waals surface area contributed by atoms with Crippen molar-refractivity contribution < 1.29 is 10.2 Å². The molecule has 1 aliphatic rings. The summed E-state index contributed by atoms with van der Waals surface area (Å²) in [5.41, 5.74) is 1.65. The lowest BCUT2D eigenvalue weighted by Crippen LogP contribution is -2.34. The van der Waals surface area contributed by atoms with Crippen LogP contribution in [0.15, 0.2) is 18.2 Å². The second-order valence-electron chi connectivity index (χ2n) is 5.11. The van der Waals surface area contributed by atoms with E-state index in [2.05, 4.69) is 11.8 Å². The first-order chi connectivity index (χ1) is 8.08. The van der Waals surface area contributed by atoms with Gasteiger partial charge in [0.1, 0.15) is 5.75 Å². The number of aliphatic hydroxyl groups excluding tert-OH is 1. The van der Waals surface area contributed by atoms with Gasteiger partial charge in [-0.1, -0.05) is 13.0 Å². The Labute approximate surface area is 103 Å². The number of piperidine rings is 1. The Kier molecular flexibility index (Phi) is 3.57. The molecule has 0 aliphatic carbocycles. The molecule has 2 unspecified atom stereocenters. The summed E-state index contributed by atoms with van der Waals surface area (Å²) in [6, 6.07) is 5.56. The third kappa shape index (κ3) is 2.72. The minimum absolute atomic E-state index is 0.190. The fraction of sp³-hybridized carbons (Fsp3) is 0.571. The minimum atomic E-state index is -0.621. The lowest BCUT2D eigenvalue weighted by atomic mass is 9.99. The molecule has 1 aliphatic heterocycles. The van der Waals surface area contributed by atoms with E-state index in [1.54, 1.807) is 13.0 Å². The van der Waals surface area contributed by atoms with Crippen molar-refractivity contribution in [2.75, 3.05) is 18.0 Å². The first kappa shape index (κ1) is 12.2. The van der Waals surface area contributed by atoms with E-state index in [0.29, 0.717) is 11.5 Å². The molecular weight excluding hydrogens is 214 g/mol. The monoisotopic (exact) mass is 235 g/mol. The summed E-state index contributed by atoms with van der Waals surface area (Å²) in [7, 11) is 0. The van der Waals surface area contributed by atoms with Crippen LogP contribution >= 0.6 is 0 Å². The van der Waals surface area contributed by atoms with Gasteiger partial charge in [0.25, 0.3) is 0 Å². The van der Waals surface area contributed by atoms with Crippen molar-refractivity contribution in [1.82, 2.24) is 0 Å². The average Bonchev–Trinajstić information content (AvgIpc) is 2.28. The van der Waals surface area contributed by atoms with Gasteiger partial charge >= 0.3 is 0 Å². The van der Waals surface area contributed by atoms with Gasteiger partial charge < -0.3 is 15.1 Å². The number of hydrogen-bond donors (Lipinski definition) is 2. The van der Waals surface area contributed by atoms with Crippen LogP contribution in [-0.2, 0) is 0 Å². The SMILES string of the molecule is CC1CCCN(c2ccc(C(C)O)c(O)c2)C1. The van der Waals surface area contributed by atoms with Gasteiger partial charge in [-0.25, -0.2) is 0 Å². The van der Waals surface area contributed by atoms with Gasteiger partial charge in [-0.05, 0) is 31.7 Å². The summed E-state index contributed by atoms with van der Waals surface area (Å²) in [6.45, 7) is 6.03. The molecule has 1 heterocycles. The number of anilines is 1. The fourth-order valence-corrected chi connectivity index (χ4v) is 2.51. The quantitative estimate of drug-likeness (QED) is 0.828. The van der Waals surface area contributed by atoms with Crippen molar-refractivity contribution in [3.8, 4) is 5.75 Å². The molecular formula is C14H21NO2. The highest BCUT2D eigenvalue weighted by atomic mass is 16.3. The topological polar surface area (TPSA) is 43.7 Å². The van der Waals surface area contributed by atoms with E-state index in [1.807, 2.05) is 12.1 Å². The van der Waals surface area contributed by atoms with Gasteiger partial charge in [-0.3, -0.25) is 0 Å². The molecule has 0 spiro atoms. The number of aromatic hydroxyl groups is 1. The van der Waals surface area contributed by atoms with E-state index >= 15 is 0 Å². The molecule has 1 aromatic carbocycles. The van der Waals surface area contributed by atoms with Crippen molar-refractivity contribution in [1.29, 1.82) is 0 Å². The molecule has 2 N–H and O–H groups in total. The highest BCUT2D eigenvalue weighted by Gasteiger charge is 2.18. The predicted octanol–water partition coefficient (Wildman–Crippen LogP) is 2.68. The first-order valence-corrected chi connectivity index (χ1v) is 6.34. The van der Waals surface area contributed by atoms with E-state index < -0.39 is 6.10 Å². The lowest BCUT2D eigenvalue weighted by Gasteiger charge is -2.33. The molecule has 2 atom stereocenters. The minimum Gasteiger partial charge on any atom is -0.507 e. The molecule has 0 amide bonds. The summed E-state index contributed by atoms with van der Waals surface area (Å²) < 4.78 is 0.